The van der Waals surface area contributed by atoms with Gasteiger partial charge >= 0.3 is 0 Å². The van der Waals surface area contributed by atoms with Gasteiger partial charge in [0.05, 0.1) is 29.9 Å². The summed E-state index contributed by atoms with van der Waals surface area (Å²) in [6.45, 7) is 1.49. The van der Waals surface area contributed by atoms with Crippen LogP contribution in [0.25, 0.3) is 0 Å². The average molecular weight is 883 g/mol. The number of fused-ring (bicyclic) bond motifs is 1. The zero-order valence-electron chi connectivity index (χ0n) is 34.1. The molecule has 2 aromatic carbocycles. The third-order valence-corrected chi connectivity index (χ3v) is 13.4. The number of hydrogen-bond acceptors (Lipinski definition) is 13. The number of unbranched alkanes of at least 4 members (excludes halogenated alkanes) is 3. The fourth-order valence-corrected chi connectivity index (χ4v) is 9.67. The van der Waals surface area contributed by atoms with Crippen molar-refractivity contribution in [1.82, 2.24) is 35.8 Å². The molecule has 7 amide bonds. The quantitative estimate of drug-likeness (QED) is 0.0765. The number of piperidine rings is 1. The first-order valence-electron chi connectivity index (χ1n) is 20.7. The van der Waals surface area contributed by atoms with Crippen LogP contribution in [0, 0.1) is 5.92 Å². The first kappa shape index (κ1) is 45.6. The van der Waals surface area contributed by atoms with Gasteiger partial charge in [0.15, 0.2) is 0 Å². The summed E-state index contributed by atoms with van der Waals surface area (Å²) < 4.78 is 31.0. The van der Waals surface area contributed by atoms with E-state index in [-0.39, 0.29) is 74.1 Å². The number of nitrogens with zero attached hydrogens (tertiary/aromatic N) is 2. The third-order valence-electron chi connectivity index (χ3n) is 11.1. The molecule has 0 bridgehead atoms. The lowest BCUT2D eigenvalue weighted by atomic mass is 10.0. The minimum absolute atomic E-state index is 0.0483. The monoisotopic (exact) mass is 882 g/mol. The summed E-state index contributed by atoms with van der Waals surface area (Å²) in [5.74, 6) is -2.99. The van der Waals surface area contributed by atoms with Gasteiger partial charge in [-0.05, 0) is 55.9 Å². The van der Waals surface area contributed by atoms with Crippen molar-refractivity contribution in [1.29, 1.82) is 0 Å². The number of ether oxygens (including phenoxy) is 1. The van der Waals surface area contributed by atoms with E-state index in [0.29, 0.717) is 31.6 Å². The highest BCUT2D eigenvalue weighted by molar-refractivity contribution is 8.00. The zero-order chi connectivity index (χ0) is 43.5. The fraction of sp³-hybridized carbons (Fsp3) is 0.537. The van der Waals surface area contributed by atoms with Crippen LogP contribution < -0.4 is 31.9 Å². The topological polar surface area (TPSA) is 242 Å². The van der Waals surface area contributed by atoms with Gasteiger partial charge in [0.2, 0.25) is 39.6 Å². The average Bonchev–Trinajstić information content (AvgIpc) is 3.98. The minimum Gasteiger partial charge on any atom is -0.385 e. The second kappa shape index (κ2) is 21.3. The van der Waals surface area contributed by atoms with E-state index in [1.807, 2.05) is 30.3 Å². The highest BCUT2D eigenvalue weighted by Crippen LogP contribution is 2.30. The smallest absolute Gasteiger partial charge is 0.262 e. The predicted molar refractivity (Wildman–Crippen MR) is 226 cm³/mol. The molecule has 4 heterocycles. The Labute approximate surface area is 359 Å². The number of carbonyl (C=O) groups excluding carboxylic acids is 7. The molecular weight excluding hydrogens is 829 g/mol. The number of hydrogen-bond donors (Lipinski definition) is 6. The van der Waals surface area contributed by atoms with Crippen molar-refractivity contribution in [3.8, 4) is 0 Å². The number of thioether (sulfide) groups is 1. The summed E-state index contributed by atoms with van der Waals surface area (Å²) in [5, 5.41) is 17.5. The zero-order valence-corrected chi connectivity index (χ0v) is 35.7. The van der Waals surface area contributed by atoms with Gasteiger partial charge in [-0.15, -0.1) is 11.8 Å². The van der Waals surface area contributed by atoms with Crippen molar-refractivity contribution >= 4 is 68.8 Å². The second-order valence-corrected chi connectivity index (χ2v) is 18.7. The van der Waals surface area contributed by atoms with Crippen LogP contribution in [0.15, 0.2) is 48.5 Å². The van der Waals surface area contributed by atoms with Crippen molar-refractivity contribution in [2.75, 3.05) is 56.7 Å². The molecule has 20 heteroatoms. The van der Waals surface area contributed by atoms with Crippen LogP contribution in [-0.2, 0) is 38.7 Å². The number of imide groups is 2. The van der Waals surface area contributed by atoms with Crippen molar-refractivity contribution in [2.45, 2.75) is 81.4 Å². The van der Waals surface area contributed by atoms with Crippen molar-refractivity contribution in [3.05, 3.63) is 65.2 Å². The van der Waals surface area contributed by atoms with Crippen molar-refractivity contribution in [2.24, 2.45) is 5.92 Å². The molecule has 6 N–H and O–H groups in total. The van der Waals surface area contributed by atoms with Gasteiger partial charge in [-0.1, -0.05) is 43.2 Å². The normalized spacial score (nSPS) is 22.1. The molecule has 18 nitrogen and oxygen atoms in total. The molecular formula is C41H54N8O10S2. The highest BCUT2D eigenvalue weighted by Gasteiger charge is 2.44. The number of sulfonamides is 1. The van der Waals surface area contributed by atoms with E-state index in [4.69, 9.17) is 4.74 Å². The molecule has 2 aromatic rings. The molecule has 3 fully saturated rings. The predicted octanol–water partition coefficient (Wildman–Crippen LogP) is 1.22. The lowest BCUT2D eigenvalue weighted by Crippen LogP contribution is -2.54. The van der Waals surface area contributed by atoms with Crippen LogP contribution in [0.4, 0.5) is 5.69 Å². The summed E-state index contributed by atoms with van der Waals surface area (Å²) in [6.07, 6.45) is 5.64. The molecule has 0 aliphatic carbocycles. The van der Waals surface area contributed by atoms with Crippen LogP contribution in [0.3, 0.4) is 0 Å². The van der Waals surface area contributed by atoms with Crippen LogP contribution >= 0.6 is 11.8 Å². The van der Waals surface area contributed by atoms with Gasteiger partial charge in [0.25, 0.3) is 11.8 Å². The molecule has 0 radical (unpaired) electrons. The van der Waals surface area contributed by atoms with Crippen LogP contribution in [0.5, 0.6) is 0 Å². The molecule has 3 saturated heterocycles. The molecule has 0 saturated carbocycles. The standard InChI is InChI=1S/C41H54N8O10S2/c1-61(57,58)48-20-17-27(23-48)36(52)44-31(37(53)47-41-45-32(25-60-41)26-10-5-4-6-11-26)24-59-21-9-12-34(50)43-19-8-3-2-7-18-42-28-13-14-29-30(22-28)40(56)49(39(29)55)33-15-16-35(51)46-38(33)54/h4-6,10-11,13-14,22,27,31-33,41-42,45H,2-3,7-9,12,15-21,23-25H2,1H3,(H,43,50)(H,44,52)(H,47,53)(H,46,51,54)/t27?,31-,32?,33?,41?/m0/s1. The number of carbonyl (C=O) groups is 7. The lowest BCUT2D eigenvalue weighted by molar-refractivity contribution is -0.136. The summed E-state index contributed by atoms with van der Waals surface area (Å²) in [6, 6.07) is 12.8. The van der Waals surface area contributed by atoms with Crippen LogP contribution in [0.1, 0.15) is 90.1 Å². The van der Waals surface area contributed by atoms with Crippen LogP contribution in [-0.4, -0.2) is 128 Å². The van der Waals surface area contributed by atoms with Gasteiger partial charge < -0.3 is 26.0 Å². The Kier molecular flexibility index (Phi) is 15.9. The summed E-state index contributed by atoms with van der Waals surface area (Å²) in [4.78, 5) is 89.8. The third kappa shape index (κ3) is 12.4. The van der Waals surface area contributed by atoms with Crippen LogP contribution in [0.2, 0.25) is 0 Å². The molecule has 4 aliphatic rings. The van der Waals surface area contributed by atoms with E-state index < -0.39 is 63.5 Å². The maximum Gasteiger partial charge on any atom is 0.262 e. The molecule has 6 rings (SSSR count). The Hall–Kier alpha value is -4.89. The van der Waals surface area contributed by atoms with Crippen molar-refractivity contribution in [3.63, 3.8) is 0 Å². The Morgan fingerprint density at radius 3 is 2.43 bits per heavy atom. The lowest BCUT2D eigenvalue weighted by Gasteiger charge is -2.27. The Bertz CT molecular complexity index is 2070. The van der Waals surface area contributed by atoms with E-state index in [0.717, 1.165) is 48.2 Å². The van der Waals surface area contributed by atoms with Gasteiger partial charge in [-0.25, -0.2) is 12.7 Å². The van der Waals surface area contributed by atoms with Crippen molar-refractivity contribution < 1.29 is 46.7 Å². The number of nitrogens with one attached hydrogen (secondary N) is 6. The molecule has 0 aromatic heterocycles. The Morgan fingerprint density at radius 1 is 0.934 bits per heavy atom. The largest absolute Gasteiger partial charge is 0.385 e. The first-order valence-corrected chi connectivity index (χ1v) is 23.6. The number of benzene rings is 2. The number of anilines is 1. The molecule has 61 heavy (non-hydrogen) atoms. The Balaban J connectivity index is 0.849. The van der Waals surface area contributed by atoms with E-state index in [2.05, 4.69) is 31.9 Å². The van der Waals surface area contributed by atoms with E-state index >= 15 is 0 Å². The van der Waals surface area contributed by atoms with E-state index in [9.17, 15) is 42.0 Å². The van der Waals surface area contributed by atoms with E-state index in [1.54, 1.807) is 30.0 Å². The highest BCUT2D eigenvalue weighted by atomic mass is 32.2. The maximum atomic E-state index is 13.4. The van der Waals surface area contributed by atoms with Gasteiger partial charge in [0.1, 0.15) is 17.6 Å². The number of rotatable bonds is 21. The van der Waals surface area contributed by atoms with Gasteiger partial charge in [0, 0.05) is 63.1 Å². The van der Waals surface area contributed by atoms with E-state index in [1.165, 1.54) is 4.31 Å². The molecule has 4 unspecified atom stereocenters. The minimum atomic E-state index is -3.44. The maximum absolute atomic E-state index is 13.4. The molecule has 0 spiro atoms. The second-order valence-electron chi connectivity index (χ2n) is 15.6. The molecule has 5 atom stereocenters. The summed E-state index contributed by atoms with van der Waals surface area (Å²) in [7, 11) is -3.44. The Morgan fingerprint density at radius 2 is 1.69 bits per heavy atom. The fourth-order valence-electron chi connectivity index (χ4n) is 7.65. The molecule has 330 valence electrons. The van der Waals surface area contributed by atoms with Gasteiger partial charge in [-0.2, -0.15) is 0 Å². The molecule has 4 aliphatic heterocycles. The SMILES string of the molecule is CS(=O)(=O)N1CCC(C(=O)N[C@@H](COCCCC(=O)NCCCCCCNc2ccc3c(c2)C(=O)N(C2CCC(=O)NC2=O)C3=O)C(=O)NC2NC(c3ccccc3)CS2)C1. The number of amides is 7. The summed E-state index contributed by atoms with van der Waals surface area (Å²) in [5.41, 5.74) is 1.84. The summed E-state index contributed by atoms with van der Waals surface area (Å²) >= 11 is 1.54. The first-order chi connectivity index (χ1) is 29.3. The van der Waals surface area contributed by atoms with Gasteiger partial charge in [-0.3, -0.25) is 49.1 Å².